The Morgan fingerprint density at radius 2 is 2.17 bits per heavy atom. The SMILES string of the molecule is Cc1ccsc1CNC(=NCc1nnc(C)n1C)NC1CC1.I. The average Bonchev–Trinajstić information content (AvgIpc) is 3.15. The molecule has 1 aliphatic rings. The molecule has 2 heterocycles. The number of hydrogen-bond donors (Lipinski definition) is 2. The maximum atomic E-state index is 4.65. The minimum atomic E-state index is 0. The number of aliphatic imine (C=N–C) groups is 1. The Kier molecular flexibility index (Phi) is 6.40. The van der Waals surface area contributed by atoms with Crippen LogP contribution in [0.3, 0.4) is 0 Å². The van der Waals surface area contributed by atoms with Gasteiger partial charge in [-0.25, -0.2) is 4.99 Å². The minimum absolute atomic E-state index is 0. The van der Waals surface area contributed by atoms with Gasteiger partial charge in [0.1, 0.15) is 12.4 Å². The summed E-state index contributed by atoms with van der Waals surface area (Å²) in [6.45, 7) is 5.42. The van der Waals surface area contributed by atoms with Crippen molar-refractivity contribution >= 4 is 41.3 Å². The third-order valence-corrected chi connectivity index (χ3v) is 4.89. The lowest BCUT2D eigenvalue weighted by atomic mass is 10.3. The van der Waals surface area contributed by atoms with Crippen LogP contribution in [-0.4, -0.2) is 26.8 Å². The molecule has 3 rings (SSSR count). The van der Waals surface area contributed by atoms with E-state index in [0.29, 0.717) is 12.6 Å². The van der Waals surface area contributed by atoms with E-state index in [2.05, 4.69) is 44.2 Å². The maximum absolute atomic E-state index is 4.65. The molecule has 2 aromatic rings. The number of aryl methyl sites for hydroxylation is 2. The molecule has 0 unspecified atom stereocenters. The van der Waals surface area contributed by atoms with Gasteiger partial charge in [0.2, 0.25) is 0 Å². The van der Waals surface area contributed by atoms with Crippen LogP contribution in [0.15, 0.2) is 16.4 Å². The maximum Gasteiger partial charge on any atom is 0.192 e. The van der Waals surface area contributed by atoms with E-state index in [1.807, 2.05) is 18.5 Å². The highest BCUT2D eigenvalue weighted by molar-refractivity contribution is 14.0. The van der Waals surface area contributed by atoms with Crippen molar-refractivity contribution in [3.63, 3.8) is 0 Å². The molecule has 6 nitrogen and oxygen atoms in total. The lowest BCUT2D eigenvalue weighted by Gasteiger charge is -2.11. The molecule has 0 radical (unpaired) electrons. The average molecular weight is 446 g/mol. The summed E-state index contributed by atoms with van der Waals surface area (Å²) in [4.78, 5) is 6.00. The number of thiophene rings is 1. The molecule has 0 aromatic carbocycles. The van der Waals surface area contributed by atoms with Crippen molar-refractivity contribution in [3.05, 3.63) is 33.5 Å². The van der Waals surface area contributed by atoms with E-state index in [0.717, 1.165) is 24.2 Å². The molecule has 0 amide bonds. The Morgan fingerprint density at radius 1 is 1.39 bits per heavy atom. The van der Waals surface area contributed by atoms with Gasteiger partial charge in [-0.2, -0.15) is 0 Å². The van der Waals surface area contributed by atoms with Crippen LogP contribution in [0, 0.1) is 13.8 Å². The van der Waals surface area contributed by atoms with Gasteiger partial charge in [-0.05, 0) is 43.7 Å². The number of guanidine groups is 1. The zero-order chi connectivity index (χ0) is 15.5. The summed E-state index contributed by atoms with van der Waals surface area (Å²) in [5, 5.41) is 17.2. The van der Waals surface area contributed by atoms with E-state index >= 15 is 0 Å². The highest BCUT2D eigenvalue weighted by Crippen LogP contribution is 2.19. The third-order valence-electron chi connectivity index (χ3n) is 3.86. The van der Waals surface area contributed by atoms with Crippen molar-refractivity contribution in [1.29, 1.82) is 0 Å². The molecule has 1 saturated carbocycles. The molecule has 8 heteroatoms. The van der Waals surface area contributed by atoms with E-state index in [4.69, 9.17) is 0 Å². The number of nitrogens with zero attached hydrogens (tertiary/aromatic N) is 4. The highest BCUT2D eigenvalue weighted by atomic mass is 127. The van der Waals surface area contributed by atoms with Crippen LogP contribution in [0.2, 0.25) is 0 Å². The zero-order valence-electron chi connectivity index (χ0n) is 13.7. The second-order valence-corrected chi connectivity index (χ2v) is 6.69. The second kappa shape index (κ2) is 8.09. The van der Waals surface area contributed by atoms with Gasteiger partial charge in [-0.3, -0.25) is 0 Å². The summed E-state index contributed by atoms with van der Waals surface area (Å²) in [5.74, 6) is 2.64. The summed E-state index contributed by atoms with van der Waals surface area (Å²) in [7, 11) is 1.97. The summed E-state index contributed by atoms with van der Waals surface area (Å²) >= 11 is 1.77. The first-order chi connectivity index (χ1) is 10.6. The lowest BCUT2D eigenvalue weighted by molar-refractivity contribution is 0.751. The first kappa shape index (κ1) is 18.2. The molecule has 126 valence electrons. The van der Waals surface area contributed by atoms with Gasteiger partial charge in [0, 0.05) is 18.0 Å². The summed E-state index contributed by atoms with van der Waals surface area (Å²) in [6.07, 6.45) is 2.45. The molecule has 23 heavy (non-hydrogen) atoms. The van der Waals surface area contributed by atoms with Crippen LogP contribution in [0.1, 0.15) is 34.9 Å². The molecule has 1 aliphatic carbocycles. The van der Waals surface area contributed by atoms with E-state index in [1.165, 1.54) is 23.3 Å². The molecule has 1 fully saturated rings. The first-order valence-electron chi connectivity index (χ1n) is 7.56. The first-order valence-corrected chi connectivity index (χ1v) is 8.44. The third kappa shape index (κ3) is 4.90. The van der Waals surface area contributed by atoms with Gasteiger partial charge in [-0.1, -0.05) is 0 Å². The van der Waals surface area contributed by atoms with Crippen LogP contribution in [0.4, 0.5) is 0 Å². The highest BCUT2D eigenvalue weighted by Gasteiger charge is 2.22. The molecule has 0 spiro atoms. The summed E-state index contributed by atoms with van der Waals surface area (Å²) in [6, 6.07) is 2.71. The standard InChI is InChI=1S/C15H22N6S.HI/c1-10-6-7-22-13(10)8-16-15(18-12-4-5-12)17-9-14-20-19-11(2)21(14)3;/h6-7,12H,4-5,8-9H2,1-3H3,(H2,16,17,18);1H. The van der Waals surface area contributed by atoms with Crippen molar-refractivity contribution in [2.75, 3.05) is 0 Å². The summed E-state index contributed by atoms with van der Waals surface area (Å²) < 4.78 is 1.97. The largest absolute Gasteiger partial charge is 0.354 e. The second-order valence-electron chi connectivity index (χ2n) is 5.69. The summed E-state index contributed by atoms with van der Waals surface area (Å²) in [5.41, 5.74) is 1.33. The van der Waals surface area contributed by atoms with Crippen molar-refractivity contribution in [2.24, 2.45) is 12.0 Å². The van der Waals surface area contributed by atoms with Crippen LogP contribution in [0.5, 0.6) is 0 Å². The minimum Gasteiger partial charge on any atom is -0.354 e. The molecule has 0 atom stereocenters. The fourth-order valence-electron chi connectivity index (χ4n) is 2.06. The Balaban J connectivity index is 0.00000192. The monoisotopic (exact) mass is 446 g/mol. The predicted molar refractivity (Wildman–Crippen MR) is 104 cm³/mol. The van der Waals surface area contributed by atoms with Crippen LogP contribution in [0.25, 0.3) is 0 Å². The molecule has 2 aromatic heterocycles. The molecule has 2 N–H and O–H groups in total. The number of nitrogens with one attached hydrogen (secondary N) is 2. The van der Waals surface area contributed by atoms with Gasteiger partial charge < -0.3 is 15.2 Å². The number of rotatable bonds is 5. The van der Waals surface area contributed by atoms with E-state index in [9.17, 15) is 0 Å². The predicted octanol–water partition coefficient (Wildman–Crippen LogP) is 2.51. The van der Waals surface area contributed by atoms with Gasteiger partial charge in [-0.15, -0.1) is 45.5 Å². The normalized spacial score (nSPS) is 14.5. The topological polar surface area (TPSA) is 67.1 Å². The van der Waals surface area contributed by atoms with Crippen LogP contribution >= 0.6 is 35.3 Å². The van der Waals surface area contributed by atoms with Gasteiger partial charge in [0.15, 0.2) is 11.8 Å². The molecule has 0 bridgehead atoms. The molecular weight excluding hydrogens is 423 g/mol. The van der Waals surface area contributed by atoms with Crippen molar-refractivity contribution in [2.45, 2.75) is 45.8 Å². The fraction of sp³-hybridized carbons (Fsp3) is 0.533. The molecule has 0 aliphatic heterocycles. The van der Waals surface area contributed by atoms with Crippen molar-refractivity contribution in [3.8, 4) is 0 Å². The van der Waals surface area contributed by atoms with Gasteiger partial charge >= 0.3 is 0 Å². The van der Waals surface area contributed by atoms with E-state index in [1.54, 1.807) is 11.3 Å². The van der Waals surface area contributed by atoms with E-state index < -0.39 is 0 Å². The smallest absolute Gasteiger partial charge is 0.192 e. The van der Waals surface area contributed by atoms with Crippen LogP contribution < -0.4 is 10.6 Å². The van der Waals surface area contributed by atoms with Crippen molar-refractivity contribution < 1.29 is 0 Å². The number of aromatic nitrogens is 3. The molecule has 0 saturated heterocycles. The van der Waals surface area contributed by atoms with E-state index in [-0.39, 0.29) is 24.0 Å². The zero-order valence-corrected chi connectivity index (χ0v) is 16.8. The Bertz CT molecular complexity index is 673. The Hall–Kier alpha value is -1.16. The Morgan fingerprint density at radius 3 is 2.74 bits per heavy atom. The number of hydrogen-bond acceptors (Lipinski definition) is 4. The fourth-order valence-corrected chi connectivity index (χ4v) is 2.91. The quantitative estimate of drug-likeness (QED) is 0.421. The Labute approximate surface area is 157 Å². The van der Waals surface area contributed by atoms with Crippen molar-refractivity contribution in [1.82, 2.24) is 25.4 Å². The van der Waals surface area contributed by atoms with Gasteiger partial charge in [0.25, 0.3) is 0 Å². The van der Waals surface area contributed by atoms with Crippen LogP contribution in [-0.2, 0) is 20.1 Å². The van der Waals surface area contributed by atoms with Gasteiger partial charge in [0.05, 0.1) is 6.54 Å². The lowest BCUT2D eigenvalue weighted by Crippen LogP contribution is -2.38. The molecular formula is C15H23IN6S. The number of halogens is 1.